The Hall–Kier alpha value is -3.52. The lowest BCUT2D eigenvalue weighted by Crippen LogP contribution is -2.20. The second-order valence-corrected chi connectivity index (χ2v) is 8.86. The molecule has 0 saturated heterocycles. The molecule has 1 heterocycles. The molecule has 1 atom stereocenters. The minimum atomic E-state index is -4.40. The maximum absolute atomic E-state index is 12.9. The maximum atomic E-state index is 12.9. The topological polar surface area (TPSA) is 72.8 Å². The van der Waals surface area contributed by atoms with E-state index in [0.717, 1.165) is 12.1 Å². The van der Waals surface area contributed by atoms with Crippen molar-refractivity contribution in [2.45, 2.75) is 37.8 Å². The molecular weight excluding hydrogens is 497 g/mol. The van der Waals surface area contributed by atoms with Gasteiger partial charge in [0.1, 0.15) is 17.2 Å². The molecule has 188 valence electrons. The van der Waals surface area contributed by atoms with Crippen LogP contribution in [0.4, 0.5) is 13.2 Å². The van der Waals surface area contributed by atoms with Gasteiger partial charge in [-0.25, -0.2) is 0 Å². The summed E-state index contributed by atoms with van der Waals surface area (Å²) in [6.45, 7) is 0.273. The van der Waals surface area contributed by atoms with Gasteiger partial charge in [-0.05, 0) is 61.2 Å². The van der Waals surface area contributed by atoms with Crippen molar-refractivity contribution in [3.05, 3.63) is 87.9 Å². The molecule has 1 aliphatic rings. The maximum Gasteiger partial charge on any atom is 0.416 e. The monoisotopic (exact) mass is 518 g/mol. The highest BCUT2D eigenvalue weighted by Crippen LogP contribution is 2.42. The van der Waals surface area contributed by atoms with E-state index in [9.17, 15) is 27.9 Å². The van der Waals surface area contributed by atoms with Gasteiger partial charge in [-0.15, -0.1) is 0 Å². The van der Waals surface area contributed by atoms with Crippen LogP contribution in [0.3, 0.4) is 0 Å². The predicted molar refractivity (Wildman–Crippen MR) is 127 cm³/mol. The first-order valence-electron chi connectivity index (χ1n) is 11.3. The van der Waals surface area contributed by atoms with E-state index >= 15 is 0 Å². The fraction of sp³-hybridized carbons (Fsp3) is 0.259. The highest BCUT2D eigenvalue weighted by Gasteiger charge is 2.30. The van der Waals surface area contributed by atoms with E-state index in [1.165, 1.54) is 12.1 Å². The summed E-state index contributed by atoms with van der Waals surface area (Å²) in [5, 5.41) is 9.64. The van der Waals surface area contributed by atoms with E-state index in [2.05, 4.69) is 0 Å². The molecule has 0 aliphatic carbocycles. The summed E-state index contributed by atoms with van der Waals surface area (Å²) >= 11 is 6.32. The fourth-order valence-corrected chi connectivity index (χ4v) is 4.27. The van der Waals surface area contributed by atoms with Crippen LogP contribution in [0, 0.1) is 0 Å². The molecule has 1 aliphatic heterocycles. The number of rotatable bonds is 8. The van der Waals surface area contributed by atoms with E-state index < -0.39 is 23.6 Å². The van der Waals surface area contributed by atoms with Gasteiger partial charge >= 0.3 is 12.1 Å². The third kappa shape index (κ3) is 5.99. The molecule has 4 rings (SSSR count). The zero-order chi connectivity index (χ0) is 25.9. The molecule has 0 bridgehead atoms. The smallest absolute Gasteiger partial charge is 0.416 e. The van der Waals surface area contributed by atoms with Crippen molar-refractivity contribution >= 4 is 23.4 Å². The number of aliphatic carboxylic acids is 1. The van der Waals surface area contributed by atoms with Gasteiger partial charge in [0, 0.05) is 23.6 Å². The summed E-state index contributed by atoms with van der Waals surface area (Å²) < 4.78 is 50.0. The summed E-state index contributed by atoms with van der Waals surface area (Å²) in [5.74, 6) is -0.655. The number of halogens is 4. The van der Waals surface area contributed by atoms with Crippen LogP contribution in [0.15, 0.2) is 60.7 Å². The number of benzene rings is 3. The van der Waals surface area contributed by atoms with Gasteiger partial charge in [-0.2, -0.15) is 13.2 Å². The summed E-state index contributed by atoms with van der Waals surface area (Å²) in [6.07, 6.45) is -3.07. The summed E-state index contributed by atoms with van der Waals surface area (Å²) in [6, 6.07) is 14.6. The molecule has 3 aromatic carbocycles. The zero-order valence-corrected chi connectivity index (χ0v) is 19.7. The lowest BCUT2D eigenvalue weighted by atomic mass is 9.93. The number of carboxylic acid groups (broad SMARTS) is 1. The predicted octanol–water partition coefficient (Wildman–Crippen LogP) is 7.31. The normalized spacial score (nSPS) is 15.1. The van der Waals surface area contributed by atoms with Gasteiger partial charge < -0.3 is 14.6 Å². The quantitative estimate of drug-likeness (QED) is 0.317. The standard InChI is InChI=1S/C27H22ClF3O5/c28-22-14-21-20(26(33)34)11-12-35-24(21)15-25(22)36-19-9-7-17(8-10-19)23(32)6-2-4-16-3-1-5-18(13-16)27(29,30)31/h1,3,5,7-10,13-15,20H,2,4,6,11-12H2,(H,33,34). The van der Waals surface area contributed by atoms with Gasteiger partial charge in [0.15, 0.2) is 5.78 Å². The number of fused-ring (bicyclic) bond motifs is 1. The fourth-order valence-electron chi connectivity index (χ4n) is 4.06. The summed E-state index contributed by atoms with van der Waals surface area (Å²) in [4.78, 5) is 24.0. The third-order valence-corrected chi connectivity index (χ3v) is 6.22. The molecule has 0 spiro atoms. The molecule has 9 heteroatoms. The van der Waals surface area contributed by atoms with Crippen molar-refractivity contribution in [3.8, 4) is 17.2 Å². The van der Waals surface area contributed by atoms with Gasteiger partial charge in [0.25, 0.3) is 0 Å². The Balaban J connectivity index is 1.36. The van der Waals surface area contributed by atoms with Gasteiger partial charge in [-0.1, -0.05) is 29.8 Å². The molecule has 0 amide bonds. The molecular formula is C27H22ClF3O5. The van der Waals surface area contributed by atoms with E-state index in [-0.39, 0.29) is 23.8 Å². The Morgan fingerprint density at radius 3 is 2.53 bits per heavy atom. The van der Waals surface area contributed by atoms with Crippen LogP contribution in [-0.2, 0) is 17.4 Å². The first-order chi connectivity index (χ1) is 17.1. The second kappa shape index (κ2) is 10.6. The first kappa shape index (κ1) is 25.6. The second-order valence-electron chi connectivity index (χ2n) is 8.45. The number of Topliss-reactive ketones (excluding diaryl/α,β-unsaturated/α-hetero) is 1. The number of alkyl halides is 3. The van der Waals surface area contributed by atoms with Crippen molar-refractivity contribution in [1.29, 1.82) is 0 Å². The van der Waals surface area contributed by atoms with Gasteiger partial charge in [0.05, 0.1) is 23.1 Å². The average Bonchev–Trinajstić information content (AvgIpc) is 2.84. The molecule has 36 heavy (non-hydrogen) atoms. The molecule has 0 radical (unpaired) electrons. The average molecular weight is 519 g/mol. The minimum absolute atomic E-state index is 0.131. The molecule has 0 saturated carbocycles. The van der Waals surface area contributed by atoms with Crippen molar-refractivity contribution in [3.63, 3.8) is 0 Å². The van der Waals surface area contributed by atoms with E-state index in [1.807, 2.05) is 0 Å². The number of carboxylic acids is 1. The van der Waals surface area contributed by atoms with Crippen LogP contribution in [0.25, 0.3) is 0 Å². The highest BCUT2D eigenvalue weighted by molar-refractivity contribution is 6.32. The number of carbonyl (C=O) groups is 2. The summed E-state index contributed by atoms with van der Waals surface area (Å²) in [5.41, 5.74) is 0.781. The molecule has 3 aromatic rings. The van der Waals surface area contributed by atoms with Crippen molar-refractivity contribution < 1.29 is 37.3 Å². The van der Waals surface area contributed by atoms with Crippen LogP contribution in [-0.4, -0.2) is 23.5 Å². The number of hydrogen-bond acceptors (Lipinski definition) is 4. The van der Waals surface area contributed by atoms with E-state index in [0.29, 0.717) is 53.2 Å². The van der Waals surface area contributed by atoms with Crippen LogP contribution in [0.2, 0.25) is 5.02 Å². The summed E-state index contributed by atoms with van der Waals surface area (Å²) in [7, 11) is 0. The Morgan fingerprint density at radius 1 is 1.08 bits per heavy atom. The van der Waals surface area contributed by atoms with E-state index in [4.69, 9.17) is 21.1 Å². The molecule has 0 fully saturated rings. The minimum Gasteiger partial charge on any atom is -0.493 e. The number of carbonyl (C=O) groups excluding carboxylic acids is 1. The Bertz CT molecular complexity index is 1270. The number of ketones is 1. The number of hydrogen-bond donors (Lipinski definition) is 1. The number of ether oxygens (including phenoxy) is 2. The van der Waals surface area contributed by atoms with Crippen LogP contribution in [0.5, 0.6) is 17.2 Å². The number of aryl methyl sites for hydroxylation is 1. The van der Waals surface area contributed by atoms with Crippen LogP contribution < -0.4 is 9.47 Å². The first-order valence-corrected chi connectivity index (χ1v) is 11.7. The lowest BCUT2D eigenvalue weighted by molar-refractivity contribution is -0.139. The van der Waals surface area contributed by atoms with Gasteiger partial charge in [-0.3, -0.25) is 9.59 Å². The SMILES string of the molecule is O=C(CCCc1cccc(C(F)(F)F)c1)c1ccc(Oc2cc3c(cc2Cl)C(C(=O)O)CCO3)cc1. The van der Waals surface area contributed by atoms with Crippen molar-refractivity contribution in [2.24, 2.45) is 0 Å². The van der Waals surface area contributed by atoms with Crippen molar-refractivity contribution in [2.75, 3.05) is 6.61 Å². The van der Waals surface area contributed by atoms with E-state index in [1.54, 1.807) is 36.4 Å². The zero-order valence-electron chi connectivity index (χ0n) is 19.0. The molecule has 1 N–H and O–H groups in total. The third-order valence-electron chi connectivity index (χ3n) is 5.93. The Morgan fingerprint density at radius 2 is 1.83 bits per heavy atom. The molecule has 1 unspecified atom stereocenters. The largest absolute Gasteiger partial charge is 0.493 e. The van der Waals surface area contributed by atoms with Crippen molar-refractivity contribution in [1.82, 2.24) is 0 Å². The highest BCUT2D eigenvalue weighted by atomic mass is 35.5. The molecule has 5 nitrogen and oxygen atoms in total. The Labute approximate surface area is 210 Å². The lowest BCUT2D eigenvalue weighted by Gasteiger charge is -2.24. The Kier molecular flexibility index (Phi) is 7.54. The van der Waals surface area contributed by atoms with Gasteiger partial charge in [0.2, 0.25) is 0 Å². The van der Waals surface area contributed by atoms with Crippen LogP contribution >= 0.6 is 11.6 Å². The van der Waals surface area contributed by atoms with Crippen LogP contribution in [0.1, 0.15) is 52.2 Å². The molecule has 0 aromatic heterocycles.